The molecule has 0 unspecified atom stereocenters. The second-order valence-electron chi connectivity index (χ2n) is 15.9. The van der Waals surface area contributed by atoms with Gasteiger partial charge in [0.25, 0.3) is 0 Å². The molecule has 0 bridgehead atoms. The number of rotatable bonds is 4. The fraction of sp³-hybridized carbons (Fsp3) is 0. The van der Waals surface area contributed by atoms with Gasteiger partial charge in [-0.1, -0.05) is 146 Å². The summed E-state index contributed by atoms with van der Waals surface area (Å²) in [6.07, 6.45) is 0. The van der Waals surface area contributed by atoms with E-state index in [9.17, 15) is 0 Å². The van der Waals surface area contributed by atoms with Crippen molar-refractivity contribution in [3.05, 3.63) is 188 Å². The number of para-hydroxylation sites is 2. The average molecular weight is 794 g/mol. The van der Waals surface area contributed by atoms with E-state index in [0.29, 0.717) is 17.5 Å². The summed E-state index contributed by atoms with van der Waals surface area (Å²) in [6, 6.07) is 67.6. The van der Waals surface area contributed by atoms with Crippen molar-refractivity contribution < 1.29 is 0 Å². The van der Waals surface area contributed by atoms with Crippen LogP contribution in [0.1, 0.15) is 0 Å². The van der Waals surface area contributed by atoms with Gasteiger partial charge in [-0.3, -0.25) is 0 Å². The molecular formula is C55H31N5S. The maximum Gasteiger partial charge on any atom is 0.164 e. The lowest BCUT2D eigenvalue weighted by molar-refractivity contribution is 1.08. The first-order valence-corrected chi connectivity index (χ1v) is 21.4. The monoisotopic (exact) mass is 793 g/mol. The smallest absolute Gasteiger partial charge is 0.164 e. The van der Waals surface area contributed by atoms with Crippen LogP contribution >= 0.6 is 11.3 Å². The van der Waals surface area contributed by atoms with Crippen LogP contribution in [0.3, 0.4) is 0 Å². The van der Waals surface area contributed by atoms with E-state index >= 15 is 0 Å². The maximum atomic E-state index is 5.23. The second kappa shape index (κ2) is 12.3. The molecule has 14 aromatic rings. The number of thiophene rings is 1. The predicted octanol–water partition coefficient (Wildman–Crippen LogP) is 14.6. The largest absolute Gasteiger partial charge is 0.308 e. The van der Waals surface area contributed by atoms with E-state index in [0.717, 1.165) is 27.8 Å². The van der Waals surface area contributed by atoms with Crippen LogP contribution in [0.2, 0.25) is 0 Å². The molecule has 0 aliphatic carbocycles. The lowest BCUT2D eigenvalue weighted by Crippen LogP contribution is -2.01. The molecule has 282 valence electrons. The van der Waals surface area contributed by atoms with Crippen molar-refractivity contribution in [1.29, 1.82) is 0 Å². The number of benzene rings is 9. The Bertz CT molecular complexity index is 4050. The third kappa shape index (κ3) is 4.57. The SMILES string of the molecule is c1ccc(-c2nc(-c3ccccc3)nc(-c3ccc(-n4c5cc6c(cc5c5c7ccccc7ccc54)c4cccc5c7ccccc7n6c54)c4sc5ccccc5c34)n2)cc1. The first-order chi connectivity index (χ1) is 30.3. The molecule has 14 rings (SSSR count). The summed E-state index contributed by atoms with van der Waals surface area (Å²) in [5.41, 5.74) is 10.1. The molecule has 0 aliphatic heterocycles. The quantitative estimate of drug-likeness (QED) is 0.178. The zero-order valence-electron chi connectivity index (χ0n) is 32.5. The lowest BCUT2D eigenvalue weighted by Gasteiger charge is -2.13. The molecule has 9 aromatic carbocycles. The van der Waals surface area contributed by atoms with Gasteiger partial charge in [0.15, 0.2) is 17.5 Å². The van der Waals surface area contributed by atoms with Gasteiger partial charge in [0.2, 0.25) is 0 Å². The van der Waals surface area contributed by atoms with Crippen LogP contribution in [0.15, 0.2) is 188 Å². The Labute approximate surface area is 352 Å². The van der Waals surface area contributed by atoms with Crippen LogP contribution in [0.4, 0.5) is 0 Å². The molecule has 0 aliphatic rings. The van der Waals surface area contributed by atoms with E-state index in [1.54, 1.807) is 0 Å². The first kappa shape index (κ1) is 33.0. The molecule has 0 spiro atoms. The molecule has 0 N–H and O–H groups in total. The number of aromatic nitrogens is 5. The number of nitrogens with zero attached hydrogens (tertiary/aromatic N) is 5. The summed E-state index contributed by atoms with van der Waals surface area (Å²) in [5.74, 6) is 1.95. The Kier molecular flexibility index (Phi) is 6.65. The van der Waals surface area contributed by atoms with Gasteiger partial charge < -0.3 is 8.97 Å². The van der Waals surface area contributed by atoms with Crippen molar-refractivity contribution >= 4 is 102 Å². The summed E-state index contributed by atoms with van der Waals surface area (Å²) in [7, 11) is 0. The van der Waals surface area contributed by atoms with Crippen LogP contribution in [0.25, 0.3) is 131 Å². The van der Waals surface area contributed by atoms with Gasteiger partial charge in [-0.05, 0) is 53.2 Å². The predicted molar refractivity (Wildman–Crippen MR) is 256 cm³/mol. The molecule has 0 atom stereocenters. The fourth-order valence-electron chi connectivity index (χ4n) is 10.1. The molecule has 5 heterocycles. The van der Waals surface area contributed by atoms with Crippen molar-refractivity contribution in [3.63, 3.8) is 0 Å². The van der Waals surface area contributed by atoms with Gasteiger partial charge in [0.1, 0.15) is 0 Å². The summed E-state index contributed by atoms with van der Waals surface area (Å²) in [5, 5.41) is 12.4. The zero-order valence-corrected chi connectivity index (χ0v) is 33.4. The highest BCUT2D eigenvalue weighted by Crippen LogP contribution is 2.48. The first-order valence-electron chi connectivity index (χ1n) is 20.6. The van der Waals surface area contributed by atoms with Crippen LogP contribution in [0.5, 0.6) is 0 Å². The Morgan fingerprint density at radius 1 is 0.377 bits per heavy atom. The van der Waals surface area contributed by atoms with E-state index in [-0.39, 0.29) is 0 Å². The van der Waals surface area contributed by atoms with Gasteiger partial charge in [-0.15, -0.1) is 11.3 Å². The number of hydrogen-bond acceptors (Lipinski definition) is 4. The van der Waals surface area contributed by atoms with Gasteiger partial charge in [-0.25, -0.2) is 15.0 Å². The second-order valence-corrected chi connectivity index (χ2v) is 17.0. The van der Waals surface area contributed by atoms with Crippen LogP contribution in [-0.2, 0) is 0 Å². The standard InChI is InChI=1S/C55H31N5S/c1-3-15-33(16-4-1)53-56-54(34-17-5-2-6-18-34)58-55(57-53)40-27-29-45(52-50(40)39-21-10-12-25-48(39)61-52)59-44-28-26-32-14-7-8-19-35(32)49(44)42-30-41-38-23-13-22-37-36-20-9-11-24-43(36)60(51(37)38)46(41)31-47(42)59/h1-31H. The van der Waals surface area contributed by atoms with Crippen LogP contribution in [-0.4, -0.2) is 23.9 Å². The Balaban J connectivity index is 1.12. The van der Waals surface area contributed by atoms with E-state index < -0.39 is 0 Å². The molecule has 0 saturated carbocycles. The summed E-state index contributed by atoms with van der Waals surface area (Å²) in [6.45, 7) is 0. The van der Waals surface area contributed by atoms with Crippen molar-refractivity contribution in [2.75, 3.05) is 0 Å². The van der Waals surface area contributed by atoms with Crippen molar-refractivity contribution in [2.45, 2.75) is 0 Å². The number of hydrogen-bond donors (Lipinski definition) is 0. The van der Waals surface area contributed by atoms with Gasteiger partial charge in [0.05, 0.1) is 38.0 Å². The Hall–Kier alpha value is -7.93. The van der Waals surface area contributed by atoms with Gasteiger partial charge in [-0.2, -0.15) is 0 Å². The van der Waals surface area contributed by atoms with Crippen LogP contribution < -0.4 is 0 Å². The molecule has 0 amide bonds. The van der Waals surface area contributed by atoms with Gasteiger partial charge >= 0.3 is 0 Å². The van der Waals surface area contributed by atoms with Crippen molar-refractivity contribution in [2.24, 2.45) is 0 Å². The molecule has 6 heteroatoms. The minimum absolute atomic E-state index is 0.650. The highest BCUT2D eigenvalue weighted by atomic mass is 32.1. The molecule has 5 nitrogen and oxygen atoms in total. The third-order valence-corrected chi connectivity index (χ3v) is 13.9. The molecule has 0 radical (unpaired) electrons. The summed E-state index contributed by atoms with van der Waals surface area (Å²) < 4.78 is 7.41. The summed E-state index contributed by atoms with van der Waals surface area (Å²) >= 11 is 1.83. The molecule has 5 aromatic heterocycles. The maximum absolute atomic E-state index is 5.23. The molecular weight excluding hydrogens is 763 g/mol. The van der Waals surface area contributed by atoms with E-state index in [2.05, 4.69) is 161 Å². The highest BCUT2D eigenvalue weighted by Gasteiger charge is 2.25. The van der Waals surface area contributed by atoms with E-state index in [4.69, 9.17) is 15.0 Å². The van der Waals surface area contributed by atoms with Crippen LogP contribution in [0, 0.1) is 0 Å². The Morgan fingerprint density at radius 3 is 1.80 bits per heavy atom. The molecule has 0 saturated heterocycles. The normalized spacial score (nSPS) is 12.3. The lowest BCUT2D eigenvalue weighted by atomic mass is 10.0. The van der Waals surface area contributed by atoms with E-state index in [1.165, 1.54) is 85.5 Å². The molecule has 61 heavy (non-hydrogen) atoms. The van der Waals surface area contributed by atoms with Crippen molar-refractivity contribution in [1.82, 2.24) is 23.9 Å². The number of fused-ring (bicyclic) bond motifs is 14. The Morgan fingerprint density at radius 2 is 1.02 bits per heavy atom. The minimum Gasteiger partial charge on any atom is -0.308 e. The van der Waals surface area contributed by atoms with Gasteiger partial charge in [0, 0.05) is 64.5 Å². The highest BCUT2D eigenvalue weighted by molar-refractivity contribution is 7.26. The molecule has 0 fully saturated rings. The fourth-order valence-corrected chi connectivity index (χ4v) is 11.3. The summed E-state index contributed by atoms with van der Waals surface area (Å²) in [4.78, 5) is 15.5. The topological polar surface area (TPSA) is 48.0 Å². The third-order valence-electron chi connectivity index (χ3n) is 12.7. The van der Waals surface area contributed by atoms with E-state index in [1.807, 2.05) is 47.7 Å². The average Bonchev–Trinajstić information content (AvgIpc) is 4.07. The zero-order chi connectivity index (χ0) is 39.8. The minimum atomic E-state index is 0.650. The van der Waals surface area contributed by atoms with Crippen molar-refractivity contribution in [3.8, 4) is 39.9 Å².